The van der Waals surface area contributed by atoms with E-state index in [2.05, 4.69) is 27.3 Å². The van der Waals surface area contributed by atoms with E-state index in [0.717, 1.165) is 18.4 Å². The topological polar surface area (TPSA) is 77.8 Å². The summed E-state index contributed by atoms with van der Waals surface area (Å²) >= 11 is 0. The van der Waals surface area contributed by atoms with Crippen LogP contribution in [0.15, 0.2) is 53.3 Å². The second-order valence-electron chi connectivity index (χ2n) is 4.46. The lowest BCUT2D eigenvalue weighted by Gasteiger charge is -1.97. The molecule has 20 heavy (non-hydrogen) atoms. The molecule has 0 aliphatic heterocycles. The molecule has 0 fully saturated rings. The number of aromatic nitrogens is 3. The molecule has 0 saturated heterocycles. The fourth-order valence-corrected chi connectivity index (χ4v) is 1.97. The molecule has 2 aromatic heterocycles. The number of nitrogens with two attached hydrogens (primary N) is 1. The first-order chi connectivity index (χ1) is 9.83. The maximum atomic E-state index is 5.84. The first-order valence-corrected chi connectivity index (χ1v) is 6.39. The first-order valence-electron chi connectivity index (χ1n) is 6.39. The van der Waals surface area contributed by atoms with E-state index in [1.807, 2.05) is 18.2 Å². The SMILES string of the molecule is Nc1cnccc1-c1nc(CCc2ccccc2)no1. The molecule has 0 spiro atoms. The van der Waals surface area contributed by atoms with Gasteiger partial charge < -0.3 is 10.3 Å². The Morgan fingerprint density at radius 1 is 1.05 bits per heavy atom. The minimum Gasteiger partial charge on any atom is -0.397 e. The maximum Gasteiger partial charge on any atom is 0.260 e. The van der Waals surface area contributed by atoms with Crippen molar-refractivity contribution in [2.24, 2.45) is 0 Å². The zero-order chi connectivity index (χ0) is 13.8. The summed E-state index contributed by atoms with van der Waals surface area (Å²) in [5, 5.41) is 3.99. The number of anilines is 1. The number of aryl methyl sites for hydroxylation is 2. The van der Waals surface area contributed by atoms with Crippen molar-refractivity contribution in [3.63, 3.8) is 0 Å². The van der Waals surface area contributed by atoms with E-state index in [9.17, 15) is 0 Å². The van der Waals surface area contributed by atoms with Gasteiger partial charge in [0.05, 0.1) is 17.4 Å². The lowest BCUT2D eigenvalue weighted by Crippen LogP contribution is -1.94. The number of hydrogen-bond donors (Lipinski definition) is 1. The smallest absolute Gasteiger partial charge is 0.260 e. The Morgan fingerprint density at radius 3 is 2.70 bits per heavy atom. The van der Waals surface area contributed by atoms with Gasteiger partial charge in [0.2, 0.25) is 0 Å². The number of hydrogen-bond acceptors (Lipinski definition) is 5. The Morgan fingerprint density at radius 2 is 1.90 bits per heavy atom. The summed E-state index contributed by atoms with van der Waals surface area (Å²) in [6, 6.07) is 12.0. The lowest BCUT2D eigenvalue weighted by molar-refractivity contribution is 0.422. The van der Waals surface area contributed by atoms with Crippen molar-refractivity contribution in [2.75, 3.05) is 5.73 Å². The van der Waals surface area contributed by atoms with Gasteiger partial charge in [0.1, 0.15) is 0 Å². The van der Waals surface area contributed by atoms with E-state index >= 15 is 0 Å². The third kappa shape index (κ3) is 2.66. The molecule has 0 radical (unpaired) electrons. The molecule has 0 atom stereocenters. The molecular weight excluding hydrogens is 252 g/mol. The number of nitrogens with zero attached hydrogens (tertiary/aromatic N) is 3. The van der Waals surface area contributed by atoms with Gasteiger partial charge in [-0.15, -0.1) is 0 Å². The maximum absolute atomic E-state index is 5.84. The Labute approximate surface area is 116 Å². The zero-order valence-electron chi connectivity index (χ0n) is 10.9. The molecule has 0 saturated carbocycles. The third-order valence-electron chi connectivity index (χ3n) is 3.03. The van der Waals surface area contributed by atoms with Crippen LogP contribution in [0.5, 0.6) is 0 Å². The number of rotatable bonds is 4. The highest BCUT2D eigenvalue weighted by molar-refractivity contribution is 5.68. The van der Waals surface area contributed by atoms with Crippen molar-refractivity contribution in [3.05, 3.63) is 60.2 Å². The molecule has 0 bridgehead atoms. The molecule has 5 nitrogen and oxygen atoms in total. The monoisotopic (exact) mass is 266 g/mol. The molecule has 2 N–H and O–H groups in total. The van der Waals surface area contributed by atoms with E-state index in [-0.39, 0.29) is 0 Å². The second-order valence-corrected chi connectivity index (χ2v) is 4.46. The average molecular weight is 266 g/mol. The van der Waals surface area contributed by atoms with Crippen molar-refractivity contribution in [1.29, 1.82) is 0 Å². The predicted octanol–water partition coefficient (Wildman–Crippen LogP) is 2.50. The number of pyridine rings is 1. The van der Waals surface area contributed by atoms with Crippen LogP contribution < -0.4 is 5.73 Å². The van der Waals surface area contributed by atoms with Crippen LogP contribution in [-0.4, -0.2) is 15.1 Å². The van der Waals surface area contributed by atoms with Gasteiger partial charge in [0.15, 0.2) is 5.82 Å². The number of benzene rings is 1. The predicted molar refractivity (Wildman–Crippen MR) is 75.8 cm³/mol. The highest BCUT2D eigenvalue weighted by Crippen LogP contribution is 2.22. The summed E-state index contributed by atoms with van der Waals surface area (Å²) in [4.78, 5) is 8.31. The summed E-state index contributed by atoms with van der Waals surface area (Å²) < 4.78 is 5.25. The summed E-state index contributed by atoms with van der Waals surface area (Å²) in [6.45, 7) is 0. The molecule has 100 valence electrons. The van der Waals surface area contributed by atoms with E-state index < -0.39 is 0 Å². The van der Waals surface area contributed by atoms with Crippen LogP contribution in [0.25, 0.3) is 11.5 Å². The largest absolute Gasteiger partial charge is 0.397 e. The third-order valence-corrected chi connectivity index (χ3v) is 3.03. The van der Waals surface area contributed by atoms with Crippen molar-refractivity contribution >= 4 is 5.69 Å². The van der Waals surface area contributed by atoms with E-state index in [1.165, 1.54) is 5.56 Å². The quantitative estimate of drug-likeness (QED) is 0.785. The highest BCUT2D eigenvalue weighted by atomic mass is 16.5. The molecule has 3 aromatic rings. The second kappa shape index (κ2) is 5.52. The Hall–Kier alpha value is -2.69. The van der Waals surface area contributed by atoms with Gasteiger partial charge >= 0.3 is 0 Å². The summed E-state index contributed by atoms with van der Waals surface area (Å²) in [7, 11) is 0. The fraction of sp³-hybridized carbons (Fsp3) is 0.133. The Balaban J connectivity index is 1.73. The van der Waals surface area contributed by atoms with Crippen LogP contribution in [0.3, 0.4) is 0 Å². The van der Waals surface area contributed by atoms with Gasteiger partial charge in [-0.05, 0) is 18.1 Å². The molecule has 5 heteroatoms. The number of nitrogen functional groups attached to an aromatic ring is 1. The van der Waals surface area contributed by atoms with Gasteiger partial charge in [-0.3, -0.25) is 4.98 Å². The average Bonchev–Trinajstić information content (AvgIpc) is 2.95. The normalized spacial score (nSPS) is 10.6. The first kappa shape index (κ1) is 12.3. The van der Waals surface area contributed by atoms with Crippen molar-refractivity contribution in [2.45, 2.75) is 12.8 Å². The zero-order valence-corrected chi connectivity index (χ0v) is 10.9. The minimum absolute atomic E-state index is 0.438. The summed E-state index contributed by atoms with van der Waals surface area (Å²) in [6.07, 6.45) is 4.84. The fourth-order valence-electron chi connectivity index (χ4n) is 1.97. The van der Waals surface area contributed by atoms with Crippen molar-refractivity contribution < 1.29 is 4.52 Å². The molecule has 3 rings (SSSR count). The van der Waals surface area contributed by atoms with Crippen LogP contribution in [0.2, 0.25) is 0 Å². The minimum atomic E-state index is 0.438. The summed E-state index contributed by atoms with van der Waals surface area (Å²) in [5.41, 5.74) is 8.34. The Kier molecular flexibility index (Phi) is 3.41. The molecule has 0 amide bonds. The molecule has 1 aromatic carbocycles. The van der Waals surface area contributed by atoms with Crippen LogP contribution in [0.4, 0.5) is 5.69 Å². The molecular formula is C15H14N4O. The van der Waals surface area contributed by atoms with Crippen molar-refractivity contribution in [1.82, 2.24) is 15.1 Å². The molecule has 2 heterocycles. The van der Waals surface area contributed by atoms with Gasteiger partial charge in [-0.1, -0.05) is 35.5 Å². The van der Waals surface area contributed by atoms with Crippen LogP contribution in [-0.2, 0) is 12.8 Å². The molecule has 0 unspecified atom stereocenters. The van der Waals surface area contributed by atoms with Gasteiger partial charge in [0.25, 0.3) is 5.89 Å². The van der Waals surface area contributed by atoms with E-state index in [0.29, 0.717) is 17.4 Å². The summed E-state index contributed by atoms with van der Waals surface area (Å²) in [5.74, 6) is 1.12. The van der Waals surface area contributed by atoms with Crippen molar-refractivity contribution in [3.8, 4) is 11.5 Å². The van der Waals surface area contributed by atoms with Crippen LogP contribution >= 0.6 is 0 Å². The van der Waals surface area contributed by atoms with Gasteiger partial charge in [0, 0.05) is 12.6 Å². The van der Waals surface area contributed by atoms with Crippen LogP contribution in [0, 0.1) is 0 Å². The van der Waals surface area contributed by atoms with Gasteiger partial charge in [-0.25, -0.2) is 0 Å². The standard InChI is InChI=1S/C15H14N4O/c16-13-10-17-9-8-12(13)15-18-14(19-20-15)7-6-11-4-2-1-3-5-11/h1-5,8-10H,6-7,16H2. The lowest BCUT2D eigenvalue weighted by atomic mass is 10.1. The Bertz CT molecular complexity index is 694. The molecule has 0 aliphatic carbocycles. The van der Waals surface area contributed by atoms with Gasteiger partial charge in [-0.2, -0.15) is 4.98 Å². The highest BCUT2D eigenvalue weighted by Gasteiger charge is 2.11. The van der Waals surface area contributed by atoms with Crippen LogP contribution in [0.1, 0.15) is 11.4 Å². The van der Waals surface area contributed by atoms with E-state index in [1.54, 1.807) is 18.5 Å². The van der Waals surface area contributed by atoms with E-state index in [4.69, 9.17) is 10.3 Å². The molecule has 0 aliphatic rings.